The van der Waals surface area contributed by atoms with Crippen molar-refractivity contribution in [2.45, 2.75) is 19.9 Å². The van der Waals surface area contributed by atoms with E-state index in [0.29, 0.717) is 40.2 Å². The Hall–Kier alpha value is -4.19. The molecule has 3 N–H and O–H groups in total. The van der Waals surface area contributed by atoms with E-state index in [0.717, 1.165) is 25.6 Å². The Morgan fingerprint density at radius 3 is 2.82 bits per heavy atom. The van der Waals surface area contributed by atoms with Gasteiger partial charge in [-0.25, -0.2) is 8.78 Å². The fraction of sp³-hybridized carbons (Fsp3) is 0.346. The van der Waals surface area contributed by atoms with E-state index >= 15 is 0 Å². The molecule has 4 rings (SSSR count). The first kappa shape index (κ1) is 26.9. The number of anilines is 2. The number of benzene rings is 2. The number of methoxy groups -OCH3 is 1. The van der Waals surface area contributed by atoms with Crippen molar-refractivity contribution in [3.05, 3.63) is 64.9 Å². The number of nitrogens with zero attached hydrogens (tertiary/aromatic N) is 5. The van der Waals surface area contributed by atoms with Crippen LogP contribution in [0.2, 0.25) is 0 Å². The van der Waals surface area contributed by atoms with E-state index in [-0.39, 0.29) is 18.9 Å². The molecule has 1 aromatic heterocycles. The molecule has 2 heterocycles. The van der Waals surface area contributed by atoms with Gasteiger partial charge in [0, 0.05) is 24.0 Å². The van der Waals surface area contributed by atoms with Crippen LogP contribution in [0.4, 0.5) is 20.2 Å². The zero-order chi connectivity index (χ0) is 27.2. The Morgan fingerprint density at radius 2 is 2.08 bits per heavy atom. The zero-order valence-electron chi connectivity index (χ0n) is 21.6. The van der Waals surface area contributed by atoms with Gasteiger partial charge in [0.25, 0.3) is 0 Å². The number of carbonyl (C=O) groups is 1. The molecule has 12 heteroatoms. The average Bonchev–Trinajstić information content (AvgIpc) is 3.34. The third kappa shape index (κ3) is 6.02. The number of halogens is 2. The van der Waals surface area contributed by atoms with Crippen LogP contribution in [0.15, 0.2) is 47.7 Å². The van der Waals surface area contributed by atoms with Crippen LogP contribution < -0.4 is 36.0 Å². The zero-order valence-corrected chi connectivity index (χ0v) is 21.6. The number of nitrogens with one attached hydrogen (secondary N) is 1. The third-order valence-electron chi connectivity index (χ3n) is 6.11. The molecule has 3 aromatic rings. The van der Waals surface area contributed by atoms with Crippen LogP contribution >= 0.6 is 0 Å². The van der Waals surface area contributed by atoms with E-state index in [9.17, 15) is 13.6 Å². The number of rotatable bonds is 12. The lowest BCUT2D eigenvalue weighted by molar-refractivity contribution is -0.118. The van der Waals surface area contributed by atoms with Crippen LogP contribution in [-0.4, -0.2) is 61.1 Å². The molecule has 0 bridgehead atoms. The Kier molecular flexibility index (Phi) is 8.41. The number of hydrogen-bond acceptors (Lipinski definition) is 8. The maximum absolute atomic E-state index is 14.9. The Labute approximate surface area is 218 Å². The van der Waals surface area contributed by atoms with E-state index < -0.39 is 17.5 Å². The molecule has 0 atom stereocenters. The number of amides is 1. The number of primary amides is 1. The van der Waals surface area contributed by atoms with Gasteiger partial charge in [0.05, 0.1) is 36.6 Å². The predicted molar refractivity (Wildman–Crippen MR) is 139 cm³/mol. The quantitative estimate of drug-likeness (QED) is 0.345. The molecule has 0 saturated heterocycles. The molecule has 10 nitrogen and oxygen atoms in total. The minimum atomic E-state index is -1.00. The Morgan fingerprint density at radius 1 is 1.26 bits per heavy atom. The summed E-state index contributed by atoms with van der Waals surface area (Å²) in [6.07, 6.45) is 3.93. The van der Waals surface area contributed by atoms with Crippen molar-refractivity contribution in [2.24, 2.45) is 10.7 Å². The normalized spacial score (nSPS) is 12.8. The molecule has 0 fully saturated rings. The monoisotopic (exact) mass is 527 g/mol. The van der Waals surface area contributed by atoms with Crippen LogP contribution in [0.5, 0.6) is 11.5 Å². The lowest BCUT2D eigenvalue weighted by atomic mass is 10.2. The van der Waals surface area contributed by atoms with Gasteiger partial charge in [0.15, 0.2) is 23.1 Å². The van der Waals surface area contributed by atoms with Crippen molar-refractivity contribution in [2.75, 3.05) is 50.7 Å². The number of aromatic nitrogens is 2. The summed E-state index contributed by atoms with van der Waals surface area (Å²) < 4.78 is 42.0. The van der Waals surface area contributed by atoms with Crippen LogP contribution in [0, 0.1) is 11.6 Å². The van der Waals surface area contributed by atoms with E-state index in [1.54, 1.807) is 18.3 Å². The molecule has 2 aromatic carbocycles. The fourth-order valence-electron chi connectivity index (χ4n) is 4.02. The standard InChI is InChI=1S/C26H31F2N7O3/c1-4-33(2)9-6-10-38-23-12-20-18(11-22(23)37-3)26(32-17-13-31-34(14-17)15-24(29)36)35(16-30-20)21-8-5-7-19(27)25(21)28/h5,7-8,11-14,32H,4,6,9-10,15-16H2,1-3H3,(H2,29,36). The summed E-state index contributed by atoms with van der Waals surface area (Å²) in [4.78, 5) is 19.6. The summed E-state index contributed by atoms with van der Waals surface area (Å²) >= 11 is 0. The molecule has 1 aliphatic heterocycles. The highest BCUT2D eigenvalue weighted by atomic mass is 19.2. The van der Waals surface area contributed by atoms with Gasteiger partial charge < -0.3 is 30.3 Å². The maximum atomic E-state index is 14.9. The highest BCUT2D eigenvalue weighted by Crippen LogP contribution is 2.28. The second kappa shape index (κ2) is 11.9. The first-order chi connectivity index (χ1) is 18.3. The number of carbonyl (C=O) groups excluding carboxylic acids is 1. The average molecular weight is 528 g/mol. The van der Waals surface area contributed by atoms with E-state index in [4.69, 9.17) is 15.2 Å². The van der Waals surface area contributed by atoms with Gasteiger partial charge in [-0.15, -0.1) is 0 Å². The summed E-state index contributed by atoms with van der Waals surface area (Å²) in [6.45, 7) is 4.35. The molecule has 0 spiro atoms. The molecule has 0 saturated carbocycles. The molecular formula is C26H31F2N7O3. The minimum Gasteiger partial charge on any atom is -0.493 e. The topological polar surface area (TPSA) is 110 Å². The van der Waals surface area contributed by atoms with Crippen molar-refractivity contribution in [3.8, 4) is 11.5 Å². The van der Waals surface area contributed by atoms with Crippen molar-refractivity contribution >= 4 is 23.1 Å². The highest BCUT2D eigenvalue weighted by Gasteiger charge is 2.23. The molecule has 1 amide bonds. The second-order valence-electron chi connectivity index (χ2n) is 8.79. The minimum absolute atomic E-state index is 0.00534. The van der Waals surface area contributed by atoms with Crippen molar-refractivity contribution in [1.29, 1.82) is 0 Å². The number of fused-ring (bicyclic) bond motifs is 1. The highest BCUT2D eigenvalue weighted by molar-refractivity contribution is 5.78. The maximum Gasteiger partial charge on any atom is 0.239 e. The molecule has 0 radical (unpaired) electrons. The van der Waals surface area contributed by atoms with Crippen LogP contribution in [-0.2, 0) is 11.3 Å². The van der Waals surface area contributed by atoms with Gasteiger partial charge in [-0.1, -0.05) is 13.0 Å². The molecular weight excluding hydrogens is 496 g/mol. The first-order valence-corrected chi connectivity index (χ1v) is 12.2. The fourth-order valence-corrected chi connectivity index (χ4v) is 4.02. The smallest absolute Gasteiger partial charge is 0.239 e. The van der Waals surface area contributed by atoms with Gasteiger partial charge in [-0.3, -0.25) is 14.5 Å². The number of nitrogens with two attached hydrogens (primary N) is 1. The van der Waals surface area contributed by atoms with E-state index in [1.807, 2.05) is 7.05 Å². The summed E-state index contributed by atoms with van der Waals surface area (Å²) in [5.41, 5.74) is 5.79. The van der Waals surface area contributed by atoms with Gasteiger partial charge in [-0.2, -0.15) is 5.10 Å². The Bertz CT molecular complexity index is 1430. The second-order valence-corrected chi connectivity index (χ2v) is 8.79. The van der Waals surface area contributed by atoms with Crippen molar-refractivity contribution < 1.29 is 23.0 Å². The summed E-state index contributed by atoms with van der Waals surface area (Å²) in [5, 5.41) is 8.53. The summed E-state index contributed by atoms with van der Waals surface area (Å²) in [7, 11) is 3.58. The molecule has 202 valence electrons. The van der Waals surface area contributed by atoms with E-state index in [1.165, 1.54) is 35.0 Å². The van der Waals surface area contributed by atoms with Crippen LogP contribution in [0.3, 0.4) is 0 Å². The molecule has 38 heavy (non-hydrogen) atoms. The SMILES string of the molecule is CCN(C)CCCOc1cc2c(cc1OC)=C(Nc1cnn(CC(N)=O)c1)N(c1cccc(F)c1F)CN=2. The van der Waals surface area contributed by atoms with E-state index in [2.05, 4.69) is 27.2 Å². The lowest BCUT2D eigenvalue weighted by Gasteiger charge is -2.29. The van der Waals surface area contributed by atoms with Gasteiger partial charge in [0.2, 0.25) is 5.91 Å². The predicted octanol–water partition coefficient (Wildman–Crippen LogP) is 1.65. The van der Waals surface area contributed by atoms with Crippen molar-refractivity contribution in [3.63, 3.8) is 0 Å². The third-order valence-corrected chi connectivity index (χ3v) is 6.11. The van der Waals surface area contributed by atoms with Crippen LogP contribution in [0.25, 0.3) is 5.82 Å². The summed E-state index contributed by atoms with van der Waals surface area (Å²) in [6, 6.07) is 7.47. The van der Waals surface area contributed by atoms with Gasteiger partial charge in [0.1, 0.15) is 19.0 Å². The first-order valence-electron chi connectivity index (χ1n) is 12.2. The molecule has 1 aliphatic rings. The summed E-state index contributed by atoms with van der Waals surface area (Å²) in [5.74, 6) is -1.10. The Balaban J connectivity index is 1.76. The van der Waals surface area contributed by atoms with Crippen LogP contribution in [0.1, 0.15) is 13.3 Å². The van der Waals surface area contributed by atoms with Crippen molar-refractivity contribution in [1.82, 2.24) is 14.7 Å². The number of hydrogen-bond donors (Lipinski definition) is 2. The molecule has 0 aliphatic carbocycles. The largest absolute Gasteiger partial charge is 0.493 e. The lowest BCUT2D eigenvalue weighted by Crippen LogP contribution is -2.43. The van der Waals surface area contributed by atoms with Gasteiger partial charge >= 0.3 is 0 Å². The molecule has 0 unspecified atom stereocenters. The van der Waals surface area contributed by atoms with Gasteiger partial charge in [-0.05, 0) is 38.2 Å². The number of ether oxygens (including phenoxy) is 2.